The van der Waals surface area contributed by atoms with E-state index in [4.69, 9.17) is 8.23 Å². The average Bonchev–Trinajstić information content (AvgIpc) is 1.84. The van der Waals surface area contributed by atoms with Crippen LogP contribution in [-0.4, -0.2) is 51.6 Å². The Bertz CT molecular complexity index is 310. The summed E-state index contributed by atoms with van der Waals surface area (Å²) in [6, 6.07) is 0. The van der Waals surface area contributed by atoms with E-state index in [2.05, 4.69) is 52.4 Å². The zero-order valence-corrected chi connectivity index (χ0v) is 21.0. The van der Waals surface area contributed by atoms with E-state index in [1.807, 2.05) is 0 Å². The third-order valence-electron chi connectivity index (χ3n) is 4.31. The third kappa shape index (κ3) is 4.29. The Hall–Kier alpha value is 1.59. The van der Waals surface area contributed by atoms with Gasteiger partial charge >= 0.3 is 128 Å². The molecule has 2 heterocycles. The van der Waals surface area contributed by atoms with Gasteiger partial charge in [0, 0.05) is 0 Å². The van der Waals surface area contributed by atoms with E-state index < -0.39 is 51.6 Å². The van der Waals surface area contributed by atoms with Crippen molar-refractivity contribution in [1.29, 1.82) is 0 Å². The molecule has 2 aliphatic rings. The van der Waals surface area contributed by atoms with E-state index in [0.717, 1.165) is 0 Å². The van der Waals surface area contributed by atoms with Gasteiger partial charge in [0.2, 0.25) is 0 Å². The van der Waals surface area contributed by atoms with Crippen molar-refractivity contribution in [3.8, 4) is 0 Å². The maximum absolute atomic E-state index is 6.65. The first-order valence-electron chi connectivity index (χ1n) is 7.64. The molecule has 0 amide bonds. The third-order valence-corrected chi connectivity index (χ3v) is 74.4. The molecule has 0 saturated carbocycles. The van der Waals surface area contributed by atoms with Crippen LogP contribution in [-0.2, 0) is 8.23 Å². The molecule has 2 rings (SSSR count). The van der Waals surface area contributed by atoms with Crippen LogP contribution in [0.4, 0.5) is 0 Å². The second-order valence-corrected chi connectivity index (χ2v) is 47.2. The second-order valence-electron chi connectivity index (χ2n) is 9.45. The van der Waals surface area contributed by atoms with Crippen molar-refractivity contribution in [2.75, 3.05) is 0 Å². The fraction of sp³-hybridized carbons (Fsp3) is 1.00. The summed E-state index contributed by atoms with van der Waals surface area (Å²) >= 11 is -1.99. The van der Waals surface area contributed by atoms with Crippen molar-refractivity contribution in [1.82, 2.24) is 0 Å². The van der Waals surface area contributed by atoms with Crippen LogP contribution in [0.5, 0.6) is 0 Å². The molecule has 0 atom stereocenters. The SMILES string of the molecule is C[Si]1(C)[CH2][Sn]2([CH2][Si](C)(C)O1)[CH2][Si](C)(C)O[Si](C)(C)[CH2]2. The molecule has 0 aliphatic carbocycles. The van der Waals surface area contributed by atoms with Crippen molar-refractivity contribution in [3.05, 3.63) is 0 Å². The van der Waals surface area contributed by atoms with Crippen LogP contribution in [0.25, 0.3) is 0 Å². The molecule has 0 radical (unpaired) electrons. The van der Waals surface area contributed by atoms with Gasteiger partial charge in [-0.05, 0) is 0 Å². The van der Waals surface area contributed by atoms with Crippen molar-refractivity contribution in [2.45, 2.75) is 68.6 Å². The van der Waals surface area contributed by atoms with E-state index in [1.54, 1.807) is 16.2 Å². The van der Waals surface area contributed by atoms with Crippen molar-refractivity contribution >= 4 is 51.6 Å². The molecular weight excluding hydrogens is 407 g/mol. The molecule has 0 N–H and O–H groups in total. The molecule has 0 aromatic heterocycles. The summed E-state index contributed by atoms with van der Waals surface area (Å²) in [5.74, 6) is 0. The first-order chi connectivity index (χ1) is 8.24. The Morgan fingerprint density at radius 3 is 0.947 bits per heavy atom. The summed E-state index contributed by atoms with van der Waals surface area (Å²) in [7, 11) is -5.47. The summed E-state index contributed by atoms with van der Waals surface area (Å²) in [6.45, 7) is 20.0. The Kier molecular flexibility index (Phi) is 4.27. The number of hydrogen-bond acceptors (Lipinski definition) is 2. The van der Waals surface area contributed by atoms with E-state index in [-0.39, 0.29) is 0 Å². The molecule has 0 aromatic carbocycles. The Morgan fingerprint density at radius 2 is 0.737 bits per heavy atom. The molecule has 0 bridgehead atoms. The summed E-state index contributed by atoms with van der Waals surface area (Å²) in [4.78, 5) is 0. The summed E-state index contributed by atoms with van der Waals surface area (Å²) in [6.07, 6.45) is 0. The predicted molar refractivity (Wildman–Crippen MR) is 97.1 cm³/mol. The van der Waals surface area contributed by atoms with E-state index in [0.29, 0.717) is 0 Å². The minimum absolute atomic E-state index is 1.37. The second kappa shape index (κ2) is 4.79. The average molecular weight is 439 g/mol. The van der Waals surface area contributed by atoms with Crippen molar-refractivity contribution in [3.63, 3.8) is 0 Å². The molecule has 0 aromatic rings. The molecule has 2 fully saturated rings. The molecule has 1 spiro atoms. The van der Waals surface area contributed by atoms with Crippen LogP contribution in [0, 0.1) is 0 Å². The topological polar surface area (TPSA) is 18.5 Å². The normalized spacial score (nSPS) is 34.1. The van der Waals surface area contributed by atoms with Crippen LogP contribution in [0.1, 0.15) is 0 Å². The molecule has 19 heavy (non-hydrogen) atoms. The van der Waals surface area contributed by atoms with Crippen LogP contribution < -0.4 is 0 Å². The van der Waals surface area contributed by atoms with Crippen LogP contribution in [0.2, 0.25) is 68.6 Å². The molecular formula is C12H32O2Si4Sn. The fourth-order valence-corrected chi connectivity index (χ4v) is 118. The minimum atomic E-state index is -1.99. The zero-order chi connectivity index (χ0) is 14.7. The van der Waals surface area contributed by atoms with Gasteiger partial charge in [-0.2, -0.15) is 0 Å². The molecule has 7 heteroatoms. The van der Waals surface area contributed by atoms with Gasteiger partial charge in [0.1, 0.15) is 0 Å². The van der Waals surface area contributed by atoms with Crippen molar-refractivity contribution < 1.29 is 8.23 Å². The van der Waals surface area contributed by atoms with Gasteiger partial charge in [-0.1, -0.05) is 0 Å². The monoisotopic (exact) mass is 440 g/mol. The molecule has 2 saturated heterocycles. The van der Waals surface area contributed by atoms with Gasteiger partial charge < -0.3 is 0 Å². The summed E-state index contributed by atoms with van der Waals surface area (Å²) in [5.41, 5.74) is 0. The molecule has 2 aliphatic heterocycles. The number of hydrogen-bond donors (Lipinski definition) is 0. The van der Waals surface area contributed by atoms with E-state index in [9.17, 15) is 0 Å². The zero-order valence-electron chi connectivity index (χ0n) is 14.1. The first kappa shape index (κ1) is 16.9. The van der Waals surface area contributed by atoms with Gasteiger partial charge in [-0.25, -0.2) is 0 Å². The molecule has 2 nitrogen and oxygen atoms in total. The Balaban J connectivity index is 2.35. The van der Waals surface area contributed by atoms with Gasteiger partial charge in [-0.15, -0.1) is 0 Å². The van der Waals surface area contributed by atoms with Crippen LogP contribution in [0.3, 0.4) is 0 Å². The molecule has 0 unspecified atom stereocenters. The summed E-state index contributed by atoms with van der Waals surface area (Å²) < 4.78 is 19.7. The standard InChI is InChI=1S/2C6H16OSi2.Sn/c2*1-8(2,3)7-9(4,5)6;/h2*1,4H2,2-3,5-6H3;. The Labute approximate surface area is 128 Å². The summed E-state index contributed by atoms with van der Waals surface area (Å²) in [5, 5.41) is 0. The van der Waals surface area contributed by atoms with Crippen LogP contribution >= 0.6 is 0 Å². The fourth-order valence-electron chi connectivity index (χ4n) is 5.63. The van der Waals surface area contributed by atoms with Gasteiger partial charge in [0.05, 0.1) is 0 Å². The number of rotatable bonds is 0. The quantitative estimate of drug-likeness (QED) is 0.519. The first-order valence-corrected chi connectivity index (χ1v) is 28.2. The molecule has 112 valence electrons. The van der Waals surface area contributed by atoms with Gasteiger partial charge in [-0.3, -0.25) is 0 Å². The van der Waals surface area contributed by atoms with Gasteiger partial charge in [0.25, 0.3) is 0 Å². The van der Waals surface area contributed by atoms with E-state index >= 15 is 0 Å². The van der Waals surface area contributed by atoms with E-state index in [1.165, 1.54) is 0 Å². The van der Waals surface area contributed by atoms with Crippen molar-refractivity contribution in [2.24, 2.45) is 0 Å². The Morgan fingerprint density at radius 1 is 0.526 bits per heavy atom. The predicted octanol–water partition coefficient (Wildman–Crippen LogP) is 4.47. The maximum atomic E-state index is 6.65. The van der Waals surface area contributed by atoms with Crippen LogP contribution in [0.15, 0.2) is 0 Å². The van der Waals surface area contributed by atoms with Gasteiger partial charge in [0.15, 0.2) is 0 Å².